The van der Waals surface area contributed by atoms with Crippen molar-refractivity contribution >= 4 is 11.8 Å². The minimum absolute atomic E-state index is 0.00903. The van der Waals surface area contributed by atoms with E-state index in [0.29, 0.717) is 6.42 Å². The van der Waals surface area contributed by atoms with Gasteiger partial charge in [0.15, 0.2) is 0 Å². The number of hydrogen-bond acceptors (Lipinski definition) is 4. The van der Waals surface area contributed by atoms with Gasteiger partial charge in [0.2, 0.25) is 0 Å². The smallest absolute Gasteiger partial charge is 0.321 e. The SMILES string of the molecule is CN(C)CCC1CC(=O)CC(C(=O)O)N1. The molecule has 5 heteroatoms. The van der Waals surface area contributed by atoms with Gasteiger partial charge < -0.3 is 15.3 Å². The van der Waals surface area contributed by atoms with Gasteiger partial charge >= 0.3 is 5.97 Å². The van der Waals surface area contributed by atoms with Gasteiger partial charge in [0.1, 0.15) is 11.8 Å². The standard InChI is InChI=1S/C10H18N2O3/c1-12(2)4-3-7-5-8(13)6-9(11-7)10(14)15/h7,9,11H,3-6H2,1-2H3,(H,14,15). The van der Waals surface area contributed by atoms with Gasteiger partial charge in [-0.1, -0.05) is 0 Å². The Hall–Kier alpha value is -0.940. The van der Waals surface area contributed by atoms with E-state index in [9.17, 15) is 9.59 Å². The number of carbonyl (C=O) groups is 2. The molecule has 0 saturated carbocycles. The minimum Gasteiger partial charge on any atom is -0.480 e. The second-order valence-electron chi connectivity index (χ2n) is 4.29. The topological polar surface area (TPSA) is 69.6 Å². The monoisotopic (exact) mass is 214 g/mol. The van der Waals surface area contributed by atoms with Crippen LogP contribution in [0.5, 0.6) is 0 Å². The summed E-state index contributed by atoms with van der Waals surface area (Å²) in [6.07, 6.45) is 1.38. The first-order chi connectivity index (χ1) is 6.99. The highest BCUT2D eigenvalue weighted by Gasteiger charge is 2.30. The first-order valence-corrected chi connectivity index (χ1v) is 5.14. The number of aliphatic carboxylic acids is 1. The fraction of sp³-hybridized carbons (Fsp3) is 0.800. The van der Waals surface area contributed by atoms with Crippen molar-refractivity contribution in [3.63, 3.8) is 0 Å². The van der Waals surface area contributed by atoms with Gasteiger partial charge in [0.25, 0.3) is 0 Å². The van der Waals surface area contributed by atoms with Crippen molar-refractivity contribution in [1.29, 1.82) is 0 Å². The van der Waals surface area contributed by atoms with Crippen molar-refractivity contribution < 1.29 is 14.7 Å². The maximum atomic E-state index is 11.3. The highest BCUT2D eigenvalue weighted by atomic mass is 16.4. The van der Waals surface area contributed by atoms with Crippen LogP contribution in [-0.4, -0.2) is 54.5 Å². The van der Waals surface area contributed by atoms with E-state index in [1.165, 1.54) is 0 Å². The van der Waals surface area contributed by atoms with Crippen LogP contribution in [0.15, 0.2) is 0 Å². The number of Topliss-reactive ketones (excluding diaryl/α,β-unsaturated/α-hetero) is 1. The van der Waals surface area contributed by atoms with Crippen LogP contribution in [0.25, 0.3) is 0 Å². The van der Waals surface area contributed by atoms with E-state index in [2.05, 4.69) is 5.32 Å². The first kappa shape index (κ1) is 12.1. The Bertz CT molecular complexity index is 253. The number of carboxylic acid groups (broad SMARTS) is 1. The normalized spacial score (nSPS) is 27.0. The lowest BCUT2D eigenvalue weighted by Gasteiger charge is -2.28. The van der Waals surface area contributed by atoms with Gasteiger partial charge in [0, 0.05) is 18.9 Å². The van der Waals surface area contributed by atoms with E-state index in [4.69, 9.17) is 5.11 Å². The summed E-state index contributed by atoms with van der Waals surface area (Å²) < 4.78 is 0. The molecule has 15 heavy (non-hydrogen) atoms. The fourth-order valence-electron chi connectivity index (χ4n) is 1.75. The summed E-state index contributed by atoms with van der Waals surface area (Å²) in [5.74, 6) is -0.886. The number of carbonyl (C=O) groups excluding carboxylic acids is 1. The van der Waals surface area contributed by atoms with Gasteiger partial charge in [-0.15, -0.1) is 0 Å². The molecule has 2 unspecified atom stereocenters. The van der Waals surface area contributed by atoms with Crippen LogP contribution >= 0.6 is 0 Å². The highest BCUT2D eigenvalue weighted by molar-refractivity contribution is 5.87. The van der Waals surface area contributed by atoms with Gasteiger partial charge in [-0.2, -0.15) is 0 Å². The van der Waals surface area contributed by atoms with E-state index in [1.807, 2.05) is 19.0 Å². The average Bonchev–Trinajstić information content (AvgIpc) is 2.13. The summed E-state index contributed by atoms with van der Waals surface area (Å²) in [6.45, 7) is 0.858. The van der Waals surface area contributed by atoms with Crippen LogP contribution in [-0.2, 0) is 9.59 Å². The Kier molecular flexibility index (Phi) is 4.23. The van der Waals surface area contributed by atoms with Crippen LogP contribution in [0.3, 0.4) is 0 Å². The number of carboxylic acids is 1. The van der Waals surface area contributed by atoms with Crippen molar-refractivity contribution in [3.8, 4) is 0 Å². The molecule has 0 aromatic heterocycles. The number of rotatable bonds is 4. The van der Waals surface area contributed by atoms with Crippen LogP contribution in [0.1, 0.15) is 19.3 Å². The van der Waals surface area contributed by atoms with E-state index in [1.54, 1.807) is 0 Å². The largest absolute Gasteiger partial charge is 0.480 e. The Morgan fingerprint density at radius 2 is 2.20 bits per heavy atom. The molecule has 1 fully saturated rings. The molecule has 0 bridgehead atoms. The maximum Gasteiger partial charge on any atom is 0.321 e. The van der Waals surface area contributed by atoms with Gasteiger partial charge in [-0.25, -0.2) is 0 Å². The molecule has 0 radical (unpaired) electrons. The van der Waals surface area contributed by atoms with Gasteiger partial charge in [-0.05, 0) is 27.1 Å². The lowest BCUT2D eigenvalue weighted by atomic mass is 9.95. The molecular formula is C10H18N2O3. The Morgan fingerprint density at radius 3 is 2.73 bits per heavy atom. The Morgan fingerprint density at radius 1 is 1.53 bits per heavy atom. The molecule has 0 aromatic rings. The second kappa shape index (κ2) is 5.23. The van der Waals surface area contributed by atoms with Crippen LogP contribution in [0.2, 0.25) is 0 Å². The number of nitrogens with one attached hydrogen (secondary N) is 1. The molecule has 0 aliphatic carbocycles. The zero-order chi connectivity index (χ0) is 11.4. The first-order valence-electron chi connectivity index (χ1n) is 5.14. The van der Waals surface area contributed by atoms with E-state index in [-0.39, 0.29) is 18.2 Å². The summed E-state index contributed by atoms with van der Waals surface area (Å²) in [7, 11) is 3.92. The highest BCUT2D eigenvalue weighted by Crippen LogP contribution is 2.12. The van der Waals surface area contributed by atoms with Crippen LogP contribution in [0, 0.1) is 0 Å². The molecule has 5 nitrogen and oxygen atoms in total. The van der Waals surface area contributed by atoms with Crippen LogP contribution in [0.4, 0.5) is 0 Å². The molecular weight excluding hydrogens is 196 g/mol. The number of piperidine rings is 1. The predicted molar refractivity (Wildman–Crippen MR) is 55.8 cm³/mol. The molecule has 0 spiro atoms. The quantitative estimate of drug-likeness (QED) is 0.673. The van der Waals surface area contributed by atoms with E-state index >= 15 is 0 Å². The molecule has 1 rings (SSSR count). The third-order valence-electron chi connectivity index (χ3n) is 2.57. The molecule has 2 atom stereocenters. The zero-order valence-corrected chi connectivity index (χ0v) is 9.19. The van der Waals surface area contributed by atoms with Crippen molar-refractivity contribution in [2.75, 3.05) is 20.6 Å². The minimum atomic E-state index is -0.932. The van der Waals surface area contributed by atoms with Crippen molar-refractivity contribution in [3.05, 3.63) is 0 Å². The molecule has 2 N–H and O–H groups in total. The molecule has 1 aliphatic heterocycles. The van der Waals surface area contributed by atoms with Gasteiger partial charge in [0.05, 0.1) is 0 Å². The summed E-state index contributed by atoms with van der Waals surface area (Å²) in [4.78, 5) is 24.1. The summed E-state index contributed by atoms with van der Waals surface area (Å²) in [6, 6.07) is -0.687. The van der Waals surface area contributed by atoms with Crippen molar-refractivity contribution in [2.24, 2.45) is 0 Å². The molecule has 1 aliphatic rings. The Balaban J connectivity index is 2.44. The third-order valence-corrected chi connectivity index (χ3v) is 2.57. The Labute approximate surface area is 89.4 Å². The van der Waals surface area contributed by atoms with E-state index < -0.39 is 12.0 Å². The lowest BCUT2D eigenvalue weighted by Crippen LogP contribution is -2.50. The average molecular weight is 214 g/mol. The summed E-state index contributed by atoms with van der Waals surface area (Å²) >= 11 is 0. The van der Waals surface area contributed by atoms with Crippen LogP contribution < -0.4 is 5.32 Å². The van der Waals surface area contributed by atoms with Crippen molar-refractivity contribution in [1.82, 2.24) is 10.2 Å². The van der Waals surface area contributed by atoms with E-state index in [0.717, 1.165) is 13.0 Å². The predicted octanol–water partition coefficient (Wildman–Crippen LogP) is -0.288. The third kappa shape index (κ3) is 3.97. The fourth-order valence-corrected chi connectivity index (χ4v) is 1.75. The number of nitrogens with zero attached hydrogens (tertiary/aromatic N) is 1. The molecule has 1 saturated heterocycles. The lowest BCUT2D eigenvalue weighted by molar-refractivity contribution is -0.143. The molecule has 0 amide bonds. The van der Waals surface area contributed by atoms with Crippen molar-refractivity contribution in [2.45, 2.75) is 31.3 Å². The molecule has 86 valence electrons. The molecule has 0 aromatic carbocycles. The maximum absolute atomic E-state index is 11.3. The number of hydrogen-bond donors (Lipinski definition) is 2. The number of ketones is 1. The van der Waals surface area contributed by atoms with Gasteiger partial charge in [-0.3, -0.25) is 9.59 Å². The molecule has 1 heterocycles. The second-order valence-corrected chi connectivity index (χ2v) is 4.29. The zero-order valence-electron chi connectivity index (χ0n) is 9.19. The summed E-state index contributed by atoms with van der Waals surface area (Å²) in [5, 5.41) is 11.8. The summed E-state index contributed by atoms with van der Waals surface area (Å²) in [5.41, 5.74) is 0.